The molecule has 5 nitrogen and oxygen atoms in total. The number of hydrogen-bond donors (Lipinski definition) is 0. The fourth-order valence-corrected chi connectivity index (χ4v) is 6.04. The van der Waals surface area contributed by atoms with Gasteiger partial charge in [0, 0.05) is 30.4 Å². The summed E-state index contributed by atoms with van der Waals surface area (Å²) in [5.74, 6) is -0.146. The molecule has 1 atom stereocenters. The van der Waals surface area contributed by atoms with E-state index < -0.39 is 10.0 Å². The molecule has 0 N–H and O–H groups in total. The third kappa shape index (κ3) is 3.25. The summed E-state index contributed by atoms with van der Waals surface area (Å²) >= 11 is 0. The molecular weight excluding hydrogens is 372 g/mol. The number of fused-ring (bicyclic) bond motifs is 1. The third-order valence-electron chi connectivity index (χ3n) is 5.79. The number of benzene rings is 2. The highest BCUT2D eigenvalue weighted by molar-refractivity contribution is 7.89. The summed E-state index contributed by atoms with van der Waals surface area (Å²) in [5.41, 5.74) is 3.17. The van der Waals surface area contributed by atoms with Gasteiger partial charge in [-0.05, 0) is 62.4 Å². The lowest BCUT2D eigenvalue weighted by Crippen LogP contribution is -2.37. The number of carbonyl (C=O) groups excluding carboxylic acids is 1. The van der Waals surface area contributed by atoms with Crippen molar-refractivity contribution in [1.82, 2.24) is 4.31 Å². The van der Waals surface area contributed by atoms with E-state index in [1.54, 1.807) is 34.3 Å². The van der Waals surface area contributed by atoms with Crippen molar-refractivity contribution in [3.05, 3.63) is 59.2 Å². The van der Waals surface area contributed by atoms with Crippen LogP contribution in [0.2, 0.25) is 0 Å². The van der Waals surface area contributed by atoms with Crippen molar-refractivity contribution in [1.29, 1.82) is 0 Å². The van der Waals surface area contributed by atoms with Gasteiger partial charge >= 0.3 is 0 Å². The van der Waals surface area contributed by atoms with Crippen molar-refractivity contribution < 1.29 is 13.2 Å². The highest BCUT2D eigenvalue weighted by Crippen LogP contribution is 2.34. The molecule has 1 fully saturated rings. The molecule has 2 aliphatic rings. The van der Waals surface area contributed by atoms with Crippen LogP contribution in [0.3, 0.4) is 0 Å². The lowest BCUT2D eigenvalue weighted by atomic mass is 10.1. The highest BCUT2D eigenvalue weighted by atomic mass is 32.2. The van der Waals surface area contributed by atoms with Crippen LogP contribution in [0, 0.1) is 6.92 Å². The van der Waals surface area contributed by atoms with E-state index in [4.69, 9.17) is 0 Å². The van der Waals surface area contributed by atoms with Gasteiger partial charge in [0.05, 0.1) is 4.90 Å². The summed E-state index contributed by atoms with van der Waals surface area (Å²) in [7, 11) is -3.58. The van der Waals surface area contributed by atoms with Gasteiger partial charge in [0.25, 0.3) is 5.91 Å². The second kappa shape index (κ2) is 7.33. The zero-order valence-electron chi connectivity index (χ0n) is 16.4. The Morgan fingerprint density at radius 3 is 2.50 bits per heavy atom. The van der Waals surface area contributed by atoms with Crippen LogP contribution >= 0.6 is 0 Å². The molecule has 148 valence electrons. The zero-order valence-corrected chi connectivity index (χ0v) is 17.2. The number of nitrogens with zero attached hydrogens (tertiary/aromatic N) is 2. The number of aryl methyl sites for hydroxylation is 1. The summed E-state index contributed by atoms with van der Waals surface area (Å²) in [6.07, 6.45) is 3.65. The van der Waals surface area contributed by atoms with Crippen molar-refractivity contribution in [3.63, 3.8) is 0 Å². The molecule has 2 heterocycles. The van der Waals surface area contributed by atoms with Crippen molar-refractivity contribution >= 4 is 21.6 Å². The number of sulfonamides is 1. The van der Waals surface area contributed by atoms with Gasteiger partial charge in [-0.25, -0.2) is 8.42 Å². The Balaban J connectivity index is 1.70. The second-order valence-electron chi connectivity index (χ2n) is 7.80. The van der Waals surface area contributed by atoms with Crippen LogP contribution in [0.5, 0.6) is 0 Å². The number of rotatable bonds is 3. The van der Waals surface area contributed by atoms with Gasteiger partial charge in [0.15, 0.2) is 0 Å². The second-order valence-corrected chi connectivity index (χ2v) is 9.71. The maximum absolute atomic E-state index is 13.3. The van der Waals surface area contributed by atoms with Gasteiger partial charge in [-0.3, -0.25) is 4.79 Å². The molecule has 6 heteroatoms. The minimum Gasteiger partial charge on any atom is -0.305 e. The normalized spacial score (nSPS) is 20.2. The van der Waals surface area contributed by atoms with Gasteiger partial charge in [-0.15, -0.1) is 0 Å². The molecule has 1 amide bonds. The Morgan fingerprint density at radius 2 is 1.75 bits per heavy atom. The molecule has 4 rings (SSSR count). The molecule has 0 radical (unpaired) electrons. The number of amides is 1. The Bertz CT molecular complexity index is 1010. The van der Waals surface area contributed by atoms with E-state index in [1.165, 1.54) is 0 Å². The first-order valence-corrected chi connectivity index (χ1v) is 11.4. The van der Waals surface area contributed by atoms with E-state index in [9.17, 15) is 13.2 Å². The molecule has 2 aromatic carbocycles. The largest absolute Gasteiger partial charge is 0.305 e. The smallest absolute Gasteiger partial charge is 0.258 e. The molecule has 28 heavy (non-hydrogen) atoms. The van der Waals surface area contributed by atoms with Crippen LogP contribution < -0.4 is 4.90 Å². The molecule has 0 bridgehead atoms. The maximum atomic E-state index is 13.3. The number of carbonyl (C=O) groups is 1. The number of hydrogen-bond acceptors (Lipinski definition) is 3. The van der Waals surface area contributed by atoms with Gasteiger partial charge in [-0.1, -0.05) is 30.7 Å². The van der Waals surface area contributed by atoms with E-state index in [0.29, 0.717) is 24.2 Å². The van der Waals surface area contributed by atoms with Crippen LogP contribution in [0.15, 0.2) is 47.4 Å². The van der Waals surface area contributed by atoms with E-state index in [0.717, 1.165) is 36.9 Å². The summed E-state index contributed by atoms with van der Waals surface area (Å²) in [5, 5.41) is 0. The van der Waals surface area contributed by atoms with E-state index >= 15 is 0 Å². The Morgan fingerprint density at radius 1 is 1.04 bits per heavy atom. The molecule has 0 saturated carbocycles. The molecule has 1 saturated heterocycles. The minimum atomic E-state index is -3.58. The summed E-state index contributed by atoms with van der Waals surface area (Å²) < 4.78 is 27.9. The highest BCUT2D eigenvalue weighted by Gasteiger charge is 2.33. The topological polar surface area (TPSA) is 57.7 Å². The number of piperidine rings is 1. The first-order valence-electron chi connectivity index (χ1n) is 9.92. The first kappa shape index (κ1) is 19.2. The fraction of sp³-hybridized carbons (Fsp3) is 0.409. The number of para-hydroxylation sites is 1. The Hall–Kier alpha value is -2.18. The van der Waals surface area contributed by atoms with Gasteiger partial charge in [-0.2, -0.15) is 4.31 Å². The van der Waals surface area contributed by atoms with Crippen molar-refractivity contribution in [2.75, 3.05) is 18.0 Å². The molecule has 0 aliphatic carbocycles. The lowest BCUT2D eigenvalue weighted by molar-refractivity contribution is 0.0981. The predicted octanol–water partition coefficient (Wildman–Crippen LogP) is 3.76. The van der Waals surface area contributed by atoms with Crippen LogP contribution in [0.25, 0.3) is 0 Å². The van der Waals surface area contributed by atoms with E-state index in [-0.39, 0.29) is 16.8 Å². The zero-order chi connectivity index (χ0) is 19.9. The van der Waals surface area contributed by atoms with Crippen LogP contribution in [-0.4, -0.2) is 37.8 Å². The van der Waals surface area contributed by atoms with Gasteiger partial charge < -0.3 is 4.90 Å². The maximum Gasteiger partial charge on any atom is 0.258 e. The summed E-state index contributed by atoms with van der Waals surface area (Å²) in [4.78, 5) is 15.3. The van der Waals surface area contributed by atoms with Crippen LogP contribution in [-0.2, 0) is 16.4 Å². The molecule has 2 aromatic rings. The van der Waals surface area contributed by atoms with Crippen molar-refractivity contribution in [3.8, 4) is 0 Å². The standard InChI is InChI=1S/C22H26N2O3S/c1-16-10-11-19(15-21(16)28(26,27)23-12-6-3-7-13-23)22(25)24-17(2)14-18-8-4-5-9-20(18)24/h4-5,8-11,15,17H,3,6-7,12-14H2,1-2H3. The Labute approximate surface area is 167 Å². The predicted molar refractivity (Wildman–Crippen MR) is 110 cm³/mol. The third-order valence-corrected chi connectivity index (χ3v) is 7.83. The monoisotopic (exact) mass is 398 g/mol. The van der Waals surface area contributed by atoms with Crippen LogP contribution in [0.4, 0.5) is 5.69 Å². The summed E-state index contributed by atoms with van der Waals surface area (Å²) in [6, 6.07) is 13.0. The molecular formula is C22H26N2O3S. The lowest BCUT2D eigenvalue weighted by Gasteiger charge is -2.27. The first-order chi connectivity index (χ1) is 13.4. The van der Waals surface area contributed by atoms with Gasteiger partial charge in [0.2, 0.25) is 10.0 Å². The SMILES string of the molecule is Cc1ccc(C(=O)N2c3ccccc3CC2C)cc1S(=O)(=O)N1CCCCC1. The molecule has 0 spiro atoms. The van der Waals surface area contributed by atoms with Gasteiger partial charge in [0.1, 0.15) is 0 Å². The average molecular weight is 399 g/mol. The van der Waals surface area contributed by atoms with E-state index in [1.807, 2.05) is 31.2 Å². The number of anilines is 1. The fourth-order valence-electron chi connectivity index (χ4n) is 4.27. The summed E-state index contributed by atoms with van der Waals surface area (Å²) in [6.45, 7) is 4.92. The molecule has 0 aromatic heterocycles. The van der Waals surface area contributed by atoms with E-state index in [2.05, 4.69) is 0 Å². The van der Waals surface area contributed by atoms with Crippen molar-refractivity contribution in [2.24, 2.45) is 0 Å². The Kier molecular flexibility index (Phi) is 5.02. The quantitative estimate of drug-likeness (QED) is 0.791. The minimum absolute atomic E-state index is 0.0494. The van der Waals surface area contributed by atoms with Crippen molar-refractivity contribution in [2.45, 2.75) is 50.5 Å². The van der Waals surface area contributed by atoms with Crippen LogP contribution in [0.1, 0.15) is 47.7 Å². The average Bonchev–Trinajstić information content (AvgIpc) is 3.04. The molecule has 1 unspecified atom stereocenters. The molecule has 2 aliphatic heterocycles.